The predicted octanol–water partition coefficient (Wildman–Crippen LogP) is 4.24. The van der Waals surface area contributed by atoms with Gasteiger partial charge < -0.3 is 5.32 Å². The Kier molecular flexibility index (Phi) is 5.29. The molecule has 0 heterocycles. The van der Waals surface area contributed by atoms with Crippen molar-refractivity contribution in [2.75, 3.05) is 5.75 Å². The lowest BCUT2D eigenvalue weighted by Gasteiger charge is -2.20. The maximum Gasteiger partial charge on any atom is 0.0210 e. The Morgan fingerprint density at radius 1 is 1.35 bits per heavy atom. The summed E-state index contributed by atoms with van der Waals surface area (Å²) in [5.74, 6) is 0.996. The van der Waals surface area contributed by atoms with Crippen molar-refractivity contribution in [2.45, 2.75) is 44.7 Å². The van der Waals surface area contributed by atoms with E-state index in [-0.39, 0.29) is 5.54 Å². The van der Waals surface area contributed by atoms with E-state index < -0.39 is 0 Å². The van der Waals surface area contributed by atoms with E-state index in [0.717, 1.165) is 12.3 Å². The average Bonchev–Trinajstić information content (AvgIpc) is 2.23. The third kappa shape index (κ3) is 6.54. The van der Waals surface area contributed by atoms with Gasteiger partial charge in [-0.1, -0.05) is 24.3 Å². The topological polar surface area (TPSA) is 12.0 Å². The maximum absolute atomic E-state index is 3.93. The zero-order valence-electron chi connectivity index (χ0n) is 11.3. The standard InChI is InChI=1S/C15H23NS/c1-12(2)11-17-14-8-6-7-13(9-14)10-16-15(3,4)5/h6-9,16H,1,10-11H2,2-5H3. The quantitative estimate of drug-likeness (QED) is 0.618. The van der Waals surface area contributed by atoms with Gasteiger partial charge in [0.1, 0.15) is 0 Å². The van der Waals surface area contributed by atoms with Crippen molar-refractivity contribution in [2.24, 2.45) is 0 Å². The van der Waals surface area contributed by atoms with Crippen molar-refractivity contribution in [3.05, 3.63) is 42.0 Å². The summed E-state index contributed by atoms with van der Waals surface area (Å²) in [5.41, 5.74) is 2.72. The lowest BCUT2D eigenvalue weighted by atomic mass is 10.1. The van der Waals surface area contributed by atoms with Crippen LogP contribution in [0.2, 0.25) is 0 Å². The third-order valence-corrected chi connectivity index (χ3v) is 3.43. The Bertz CT molecular complexity index is 377. The Labute approximate surface area is 110 Å². The summed E-state index contributed by atoms with van der Waals surface area (Å²) in [5, 5.41) is 3.50. The highest BCUT2D eigenvalue weighted by molar-refractivity contribution is 7.99. The predicted molar refractivity (Wildman–Crippen MR) is 78.6 cm³/mol. The fraction of sp³-hybridized carbons (Fsp3) is 0.467. The van der Waals surface area contributed by atoms with Gasteiger partial charge in [0.2, 0.25) is 0 Å². The van der Waals surface area contributed by atoms with Crippen LogP contribution in [0, 0.1) is 0 Å². The average molecular weight is 249 g/mol. The molecule has 1 aromatic rings. The van der Waals surface area contributed by atoms with Gasteiger partial charge in [-0.05, 0) is 45.4 Å². The second kappa shape index (κ2) is 6.27. The molecule has 0 spiro atoms. The molecular weight excluding hydrogens is 226 g/mol. The monoisotopic (exact) mass is 249 g/mol. The number of hydrogen-bond donors (Lipinski definition) is 1. The van der Waals surface area contributed by atoms with Crippen LogP contribution in [0.3, 0.4) is 0 Å². The normalized spacial score (nSPS) is 11.5. The van der Waals surface area contributed by atoms with Gasteiger partial charge in [0.05, 0.1) is 0 Å². The summed E-state index contributed by atoms with van der Waals surface area (Å²) in [6.45, 7) is 13.5. The molecule has 0 saturated heterocycles. The molecule has 0 saturated carbocycles. The summed E-state index contributed by atoms with van der Waals surface area (Å²) in [7, 11) is 0. The molecule has 0 unspecified atom stereocenters. The van der Waals surface area contributed by atoms with Crippen LogP contribution in [0.1, 0.15) is 33.3 Å². The SMILES string of the molecule is C=C(C)CSc1cccc(CNC(C)(C)C)c1. The van der Waals surface area contributed by atoms with Gasteiger partial charge in [-0.3, -0.25) is 0 Å². The Morgan fingerprint density at radius 3 is 2.65 bits per heavy atom. The van der Waals surface area contributed by atoms with Crippen LogP contribution in [-0.2, 0) is 6.54 Å². The molecule has 0 aliphatic carbocycles. The zero-order valence-corrected chi connectivity index (χ0v) is 12.2. The summed E-state index contributed by atoms with van der Waals surface area (Å²) in [6, 6.07) is 8.71. The Balaban J connectivity index is 2.56. The van der Waals surface area contributed by atoms with Crippen molar-refractivity contribution < 1.29 is 0 Å². The maximum atomic E-state index is 3.93. The first kappa shape index (κ1) is 14.3. The van der Waals surface area contributed by atoms with Crippen molar-refractivity contribution in [1.29, 1.82) is 0 Å². The highest BCUT2D eigenvalue weighted by Gasteiger charge is 2.08. The minimum absolute atomic E-state index is 0.168. The van der Waals surface area contributed by atoms with Crippen LogP contribution in [-0.4, -0.2) is 11.3 Å². The van der Waals surface area contributed by atoms with Crippen molar-refractivity contribution in [3.8, 4) is 0 Å². The third-order valence-electron chi connectivity index (χ3n) is 2.21. The highest BCUT2D eigenvalue weighted by atomic mass is 32.2. The first-order valence-corrected chi connectivity index (χ1v) is 6.96. The molecule has 0 aliphatic rings. The molecule has 1 rings (SSSR count). The van der Waals surface area contributed by atoms with Crippen LogP contribution in [0.25, 0.3) is 0 Å². The first-order chi connectivity index (χ1) is 7.87. The van der Waals surface area contributed by atoms with E-state index in [0.29, 0.717) is 0 Å². The van der Waals surface area contributed by atoms with Gasteiger partial charge in [0, 0.05) is 22.7 Å². The van der Waals surface area contributed by atoms with Gasteiger partial charge in [-0.2, -0.15) is 0 Å². The molecule has 1 nitrogen and oxygen atoms in total. The molecular formula is C15H23NS. The van der Waals surface area contributed by atoms with E-state index in [2.05, 4.69) is 63.9 Å². The summed E-state index contributed by atoms with van der Waals surface area (Å²) < 4.78 is 0. The molecule has 0 bridgehead atoms. The van der Waals surface area contributed by atoms with E-state index in [4.69, 9.17) is 0 Å². The van der Waals surface area contributed by atoms with Crippen LogP contribution in [0.15, 0.2) is 41.3 Å². The number of benzene rings is 1. The summed E-state index contributed by atoms with van der Waals surface area (Å²) >= 11 is 1.85. The van der Waals surface area contributed by atoms with Crippen LogP contribution in [0.5, 0.6) is 0 Å². The smallest absolute Gasteiger partial charge is 0.0210 e. The molecule has 17 heavy (non-hydrogen) atoms. The van der Waals surface area contributed by atoms with E-state index >= 15 is 0 Å². The summed E-state index contributed by atoms with van der Waals surface area (Å²) in [4.78, 5) is 1.32. The van der Waals surface area contributed by atoms with Gasteiger partial charge in [-0.25, -0.2) is 0 Å². The molecule has 94 valence electrons. The highest BCUT2D eigenvalue weighted by Crippen LogP contribution is 2.21. The molecule has 0 aromatic heterocycles. The molecule has 0 atom stereocenters. The molecule has 0 radical (unpaired) electrons. The van der Waals surface area contributed by atoms with E-state index in [1.165, 1.54) is 16.0 Å². The zero-order chi connectivity index (χ0) is 12.9. The number of hydrogen-bond acceptors (Lipinski definition) is 2. The Morgan fingerprint density at radius 2 is 2.06 bits per heavy atom. The number of rotatable bonds is 5. The van der Waals surface area contributed by atoms with Crippen molar-refractivity contribution >= 4 is 11.8 Å². The lowest BCUT2D eigenvalue weighted by Crippen LogP contribution is -2.35. The van der Waals surface area contributed by atoms with Gasteiger partial charge >= 0.3 is 0 Å². The largest absolute Gasteiger partial charge is 0.308 e. The fourth-order valence-electron chi connectivity index (χ4n) is 1.32. The van der Waals surface area contributed by atoms with Crippen LogP contribution in [0.4, 0.5) is 0 Å². The number of nitrogens with one attached hydrogen (secondary N) is 1. The molecule has 2 heteroatoms. The Hall–Kier alpha value is -0.730. The van der Waals surface area contributed by atoms with Crippen LogP contribution < -0.4 is 5.32 Å². The van der Waals surface area contributed by atoms with Crippen LogP contribution >= 0.6 is 11.8 Å². The molecule has 1 aromatic carbocycles. The first-order valence-electron chi connectivity index (χ1n) is 5.98. The van der Waals surface area contributed by atoms with Gasteiger partial charge in [-0.15, -0.1) is 11.8 Å². The second-order valence-corrected chi connectivity index (χ2v) is 6.55. The second-order valence-electron chi connectivity index (χ2n) is 5.50. The molecule has 0 amide bonds. The number of thioether (sulfide) groups is 1. The summed E-state index contributed by atoms with van der Waals surface area (Å²) in [6.07, 6.45) is 0. The molecule has 1 N–H and O–H groups in total. The van der Waals surface area contributed by atoms with E-state index in [9.17, 15) is 0 Å². The van der Waals surface area contributed by atoms with Crippen molar-refractivity contribution in [1.82, 2.24) is 5.32 Å². The van der Waals surface area contributed by atoms with E-state index in [1.807, 2.05) is 11.8 Å². The molecule has 0 aliphatic heterocycles. The van der Waals surface area contributed by atoms with Gasteiger partial charge in [0.15, 0.2) is 0 Å². The van der Waals surface area contributed by atoms with E-state index in [1.54, 1.807) is 0 Å². The van der Waals surface area contributed by atoms with Gasteiger partial charge in [0.25, 0.3) is 0 Å². The minimum Gasteiger partial charge on any atom is -0.308 e. The fourth-order valence-corrected chi connectivity index (χ4v) is 2.14. The lowest BCUT2D eigenvalue weighted by molar-refractivity contribution is 0.424. The molecule has 0 fully saturated rings. The van der Waals surface area contributed by atoms with Crippen molar-refractivity contribution in [3.63, 3.8) is 0 Å². The minimum atomic E-state index is 0.168.